The minimum Gasteiger partial charge on any atom is -0.329 e. The Morgan fingerprint density at radius 3 is 2.46 bits per heavy atom. The summed E-state index contributed by atoms with van der Waals surface area (Å²) in [5.41, 5.74) is 2.54. The fourth-order valence-corrected chi connectivity index (χ4v) is 2.68. The number of halogens is 2. The van der Waals surface area contributed by atoms with Crippen LogP contribution in [0.4, 0.5) is 5.69 Å². The maximum atomic E-state index is 12.2. The molecule has 0 unspecified atom stereocenters. The van der Waals surface area contributed by atoms with Crippen LogP contribution in [0, 0.1) is 6.92 Å². The quantitative estimate of drug-likeness (QED) is 0.859. The first-order chi connectivity index (χ1) is 11.4. The van der Waals surface area contributed by atoms with Crippen molar-refractivity contribution in [2.24, 2.45) is 0 Å². The Bertz CT molecular complexity index is 762. The number of rotatable bonds is 5. The third-order valence-corrected chi connectivity index (χ3v) is 4.16. The number of nitrogens with zero attached hydrogens (tertiary/aromatic N) is 1. The molecule has 6 heteroatoms. The highest BCUT2D eigenvalue weighted by Crippen LogP contribution is 2.25. The Morgan fingerprint density at radius 2 is 1.83 bits per heavy atom. The van der Waals surface area contributed by atoms with Gasteiger partial charge in [-0.25, -0.2) is 0 Å². The van der Waals surface area contributed by atoms with Gasteiger partial charge < -0.3 is 10.2 Å². The van der Waals surface area contributed by atoms with Gasteiger partial charge in [0.2, 0.25) is 11.8 Å². The van der Waals surface area contributed by atoms with Crippen LogP contribution in [-0.4, -0.2) is 23.3 Å². The Balaban J connectivity index is 2.06. The molecule has 4 nitrogen and oxygen atoms in total. The number of benzene rings is 2. The van der Waals surface area contributed by atoms with E-state index >= 15 is 0 Å². The standard InChI is InChI=1S/C18H18Cl2N2O2/c1-12-5-3-4-6-14(12)10-22(13(2)23)11-18(24)21-17-8-7-15(19)9-16(17)20/h3-9H,10-11H2,1-2H3,(H,21,24). The maximum absolute atomic E-state index is 12.2. The molecule has 0 bridgehead atoms. The number of aryl methyl sites for hydroxylation is 1. The molecule has 0 atom stereocenters. The molecule has 0 fully saturated rings. The first-order valence-electron chi connectivity index (χ1n) is 7.41. The molecule has 0 aliphatic rings. The molecule has 0 aromatic heterocycles. The highest BCUT2D eigenvalue weighted by molar-refractivity contribution is 6.36. The summed E-state index contributed by atoms with van der Waals surface area (Å²) in [6, 6.07) is 12.6. The summed E-state index contributed by atoms with van der Waals surface area (Å²) in [6.45, 7) is 3.74. The summed E-state index contributed by atoms with van der Waals surface area (Å²) >= 11 is 11.9. The highest BCUT2D eigenvalue weighted by atomic mass is 35.5. The van der Waals surface area contributed by atoms with Gasteiger partial charge in [0, 0.05) is 18.5 Å². The third kappa shape index (κ3) is 4.98. The van der Waals surface area contributed by atoms with Crippen LogP contribution in [-0.2, 0) is 16.1 Å². The number of carbonyl (C=O) groups excluding carboxylic acids is 2. The number of amides is 2. The van der Waals surface area contributed by atoms with Gasteiger partial charge in [-0.05, 0) is 36.2 Å². The van der Waals surface area contributed by atoms with Crippen LogP contribution in [0.2, 0.25) is 10.0 Å². The fourth-order valence-electron chi connectivity index (χ4n) is 2.23. The van der Waals surface area contributed by atoms with Crippen molar-refractivity contribution in [2.75, 3.05) is 11.9 Å². The Labute approximate surface area is 151 Å². The smallest absolute Gasteiger partial charge is 0.244 e. The van der Waals surface area contributed by atoms with E-state index in [0.29, 0.717) is 22.3 Å². The molecule has 0 saturated carbocycles. The molecule has 0 aliphatic carbocycles. The van der Waals surface area contributed by atoms with Gasteiger partial charge in [-0.15, -0.1) is 0 Å². The first kappa shape index (κ1) is 18.3. The molecular weight excluding hydrogens is 347 g/mol. The zero-order valence-electron chi connectivity index (χ0n) is 13.5. The summed E-state index contributed by atoms with van der Waals surface area (Å²) in [5, 5.41) is 3.54. The van der Waals surface area contributed by atoms with Gasteiger partial charge >= 0.3 is 0 Å². The van der Waals surface area contributed by atoms with Gasteiger partial charge in [0.15, 0.2) is 0 Å². The molecule has 0 heterocycles. The van der Waals surface area contributed by atoms with Crippen LogP contribution in [0.15, 0.2) is 42.5 Å². The Morgan fingerprint density at radius 1 is 1.12 bits per heavy atom. The predicted molar refractivity (Wildman–Crippen MR) is 97.4 cm³/mol. The minimum absolute atomic E-state index is 0.0530. The summed E-state index contributed by atoms with van der Waals surface area (Å²) < 4.78 is 0. The molecule has 1 N–H and O–H groups in total. The molecule has 0 saturated heterocycles. The molecule has 2 rings (SSSR count). The maximum Gasteiger partial charge on any atom is 0.244 e. The van der Waals surface area contributed by atoms with Crippen molar-refractivity contribution in [3.05, 3.63) is 63.6 Å². The molecule has 2 aromatic rings. The minimum atomic E-state index is -0.317. The molecule has 2 aromatic carbocycles. The highest BCUT2D eigenvalue weighted by Gasteiger charge is 2.16. The number of hydrogen-bond acceptors (Lipinski definition) is 2. The lowest BCUT2D eigenvalue weighted by atomic mass is 10.1. The summed E-state index contributed by atoms with van der Waals surface area (Å²) in [6.07, 6.45) is 0. The van der Waals surface area contributed by atoms with E-state index in [1.165, 1.54) is 11.8 Å². The van der Waals surface area contributed by atoms with E-state index in [-0.39, 0.29) is 18.4 Å². The molecule has 0 spiro atoms. The molecule has 2 amide bonds. The summed E-state index contributed by atoms with van der Waals surface area (Å²) in [4.78, 5) is 25.6. The van der Waals surface area contributed by atoms with Crippen LogP contribution in [0.3, 0.4) is 0 Å². The molecular formula is C18H18Cl2N2O2. The second-order valence-electron chi connectivity index (χ2n) is 5.47. The van der Waals surface area contributed by atoms with Crippen molar-refractivity contribution in [2.45, 2.75) is 20.4 Å². The van der Waals surface area contributed by atoms with Gasteiger partial charge in [0.25, 0.3) is 0 Å². The lowest BCUT2D eigenvalue weighted by Crippen LogP contribution is -2.36. The third-order valence-electron chi connectivity index (χ3n) is 3.61. The number of nitrogens with one attached hydrogen (secondary N) is 1. The van der Waals surface area contributed by atoms with Gasteiger partial charge in [-0.3, -0.25) is 9.59 Å². The molecule has 0 aliphatic heterocycles. The first-order valence-corrected chi connectivity index (χ1v) is 8.17. The molecule has 24 heavy (non-hydrogen) atoms. The van der Waals surface area contributed by atoms with E-state index in [1.54, 1.807) is 18.2 Å². The van der Waals surface area contributed by atoms with Crippen LogP contribution in [0.5, 0.6) is 0 Å². The summed E-state index contributed by atoms with van der Waals surface area (Å²) in [7, 11) is 0. The van der Waals surface area contributed by atoms with Crippen molar-refractivity contribution >= 4 is 40.7 Å². The Hall–Kier alpha value is -2.04. The second-order valence-corrected chi connectivity index (χ2v) is 6.32. The van der Waals surface area contributed by atoms with Crippen LogP contribution in [0.25, 0.3) is 0 Å². The van der Waals surface area contributed by atoms with Crippen molar-refractivity contribution in [3.8, 4) is 0 Å². The van der Waals surface area contributed by atoms with Crippen molar-refractivity contribution < 1.29 is 9.59 Å². The van der Waals surface area contributed by atoms with Gasteiger partial charge in [0.1, 0.15) is 6.54 Å². The fraction of sp³-hybridized carbons (Fsp3) is 0.222. The van der Waals surface area contributed by atoms with Crippen LogP contribution < -0.4 is 5.32 Å². The average molecular weight is 365 g/mol. The lowest BCUT2D eigenvalue weighted by Gasteiger charge is -2.21. The number of hydrogen-bond donors (Lipinski definition) is 1. The van der Waals surface area contributed by atoms with Crippen LogP contribution >= 0.6 is 23.2 Å². The van der Waals surface area contributed by atoms with E-state index in [1.807, 2.05) is 31.2 Å². The van der Waals surface area contributed by atoms with Gasteiger partial charge in [0.05, 0.1) is 10.7 Å². The van der Waals surface area contributed by atoms with Crippen LogP contribution in [0.1, 0.15) is 18.1 Å². The molecule has 126 valence electrons. The summed E-state index contributed by atoms with van der Waals surface area (Å²) in [5.74, 6) is -0.487. The average Bonchev–Trinajstić information content (AvgIpc) is 2.51. The zero-order chi connectivity index (χ0) is 17.7. The van der Waals surface area contributed by atoms with E-state index in [4.69, 9.17) is 23.2 Å². The lowest BCUT2D eigenvalue weighted by molar-refractivity contribution is -0.133. The van der Waals surface area contributed by atoms with E-state index < -0.39 is 0 Å². The van der Waals surface area contributed by atoms with E-state index in [9.17, 15) is 9.59 Å². The number of carbonyl (C=O) groups is 2. The van der Waals surface area contributed by atoms with Crippen molar-refractivity contribution in [1.82, 2.24) is 4.90 Å². The SMILES string of the molecule is CC(=O)N(CC(=O)Nc1ccc(Cl)cc1Cl)Cc1ccccc1C. The number of anilines is 1. The topological polar surface area (TPSA) is 49.4 Å². The predicted octanol–water partition coefficient (Wildman–Crippen LogP) is 4.29. The van der Waals surface area contributed by atoms with Gasteiger partial charge in [-0.2, -0.15) is 0 Å². The largest absolute Gasteiger partial charge is 0.329 e. The zero-order valence-corrected chi connectivity index (χ0v) is 15.0. The van der Waals surface area contributed by atoms with Crippen molar-refractivity contribution in [1.29, 1.82) is 0 Å². The monoisotopic (exact) mass is 364 g/mol. The van der Waals surface area contributed by atoms with E-state index in [2.05, 4.69) is 5.32 Å². The van der Waals surface area contributed by atoms with E-state index in [0.717, 1.165) is 11.1 Å². The Kier molecular flexibility index (Phi) is 6.23. The normalized spacial score (nSPS) is 10.3. The van der Waals surface area contributed by atoms with Gasteiger partial charge in [-0.1, -0.05) is 47.5 Å². The second kappa shape index (κ2) is 8.18. The van der Waals surface area contributed by atoms with Crippen molar-refractivity contribution in [3.63, 3.8) is 0 Å². The molecule has 0 radical (unpaired) electrons.